The van der Waals surface area contributed by atoms with Crippen molar-refractivity contribution in [2.24, 2.45) is 0 Å². The fourth-order valence-electron chi connectivity index (χ4n) is 0.857. The van der Waals surface area contributed by atoms with Crippen LogP contribution in [0.15, 0.2) is 12.3 Å². The lowest BCUT2D eigenvalue weighted by Gasteiger charge is -2.21. The van der Waals surface area contributed by atoms with Crippen LogP contribution in [0.2, 0.25) is 0 Å². The Bertz CT molecular complexity index is 117. The molecule has 0 radical (unpaired) electrons. The molecule has 0 atom stereocenters. The SMILES string of the molecule is CC=COOC(C)(C)CCC. The molecule has 0 N–H and O–H groups in total. The standard InChI is InChI=1S/C9H18O2/c1-5-7-9(3,4)11-10-8-6-2/h6,8H,5,7H2,1-4H3. The van der Waals surface area contributed by atoms with Crippen LogP contribution in [0.5, 0.6) is 0 Å². The highest BCUT2D eigenvalue weighted by atomic mass is 17.2. The van der Waals surface area contributed by atoms with Crippen molar-refractivity contribution < 1.29 is 9.78 Å². The second kappa shape index (κ2) is 5.19. The molecule has 66 valence electrons. The Kier molecular flexibility index (Phi) is 4.95. The van der Waals surface area contributed by atoms with Crippen LogP contribution in [-0.4, -0.2) is 5.60 Å². The first-order valence-electron chi connectivity index (χ1n) is 4.08. The topological polar surface area (TPSA) is 18.5 Å². The fourth-order valence-corrected chi connectivity index (χ4v) is 0.857. The predicted octanol–water partition coefficient (Wildman–Crippen LogP) is 3.05. The van der Waals surface area contributed by atoms with E-state index in [-0.39, 0.29) is 5.60 Å². The van der Waals surface area contributed by atoms with E-state index in [4.69, 9.17) is 9.78 Å². The van der Waals surface area contributed by atoms with Crippen LogP contribution in [0.3, 0.4) is 0 Å². The summed E-state index contributed by atoms with van der Waals surface area (Å²) in [7, 11) is 0. The summed E-state index contributed by atoms with van der Waals surface area (Å²) in [6, 6.07) is 0. The molecule has 0 spiro atoms. The molecule has 0 heterocycles. The van der Waals surface area contributed by atoms with Crippen molar-refractivity contribution in [3.63, 3.8) is 0 Å². The smallest absolute Gasteiger partial charge is 0.125 e. The molecule has 0 fully saturated rings. The van der Waals surface area contributed by atoms with E-state index < -0.39 is 0 Å². The highest BCUT2D eigenvalue weighted by Gasteiger charge is 2.18. The van der Waals surface area contributed by atoms with E-state index in [0.29, 0.717) is 0 Å². The lowest BCUT2D eigenvalue weighted by molar-refractivity contribution is -0.317. The molecule has 0 bridgehead atoms. The van der Waals surface area contributed by atoms with Crippen LogP contribution >= 0.6 is 0 Å². The number of hydrogen-bond donors (Lipinski definition) is 0. The van der Waals surface area contributed by atoms with Crippen LogP contribution in [0.4, 0.5) is 0 Å². The summed E-state index contributed by atoms with van der Waals surface area (Å²) in [4.78, 5) is 9.94. The van der Waals surface area contributed by atoms with Crippen LogP contribution in [0.25, 0.3) is 0 Å². The van der Waals surface area contributed by atoms with Crippen molar-refractivity contribution in [3.8, 4) is 0 Å². The highest BCUT2D eigenvalue weighted by molar-refractivity contribution is 4.67. The van der Waals surface area contributed by atoms with Gasteiger partial charge in [0, 0.05) is 0 Å². The Balaban J connectivity index is 3.54. The predicted molar refractivity (Wildman–Crippen MR) is 46.0 cm³/mol. The van der Waals surface area contributed by atoms with E-state index in [1.807, 2.05) is 20.8 Å². The summed E-state index contributed by atoms with van der Waals surface area (Å²) in [6.07, 6.45) is 5.44. The van der Waals surface area contributed by atoms with Gasteiger partial charge in [0.2, 0.25) is 0 Å². The molecular weight excluding hydrogens is 140 g/mol. The largest absolute Gasteiger partial charge is 0.345 e. The van der Waals surface area contributed by atoms with Crippen molar-refractivity contribution >= 4 is 0 Å². The summed E-state index contributed by atoms with van der Waals surface area (Å²) in [5, 5.41) is 0. The van der Waals surface area contributed by atoms with E-state index in [9.17, 15) is 0 Å². The zero-order chi connectivity index (χ0) is 8.74. The molecule has 0 saturated carbocycles. The molecule has 0 amide bonds. The van der Waals surface area contributed by atoms with Gasteiger partial charge in [-0.3, -0.25) is 0 Å². The summed E-state index contributed by atoms with van der Waals surface area (Å²) in [5.74, 6) is 0. The van der Waals surface area contributed by atoms with Gasteiger partial charge in [-0.2, -0.15) is 4.89 Å². The quantitative estimate of drug-likeness (QED) is 0.348. The summed E-state index contributed by atoms with van der Waals surface area (Å²) < 4.78 is 0. The third-order valence-electron chi connectivity index (χ3n) is 1.32. The summed E-state index contributed by atoms with van der Waals surface area (Å²) in [5.41, 5.74) is -0.172. The van der Waals surface area contributed by atoms with Crippen molar-refractivity contribution in [1.29, 1.82) is 0 Å². The van der Waals surface area contributed by atoms with Gasteiger partial charge in [0.05, 0.1) is 0 Å². The monoisotopic (exact) mass is 158 g/mol. The van der Waals surface area contributed by atoms with Crippen LogP contribution in [0.1, 0.15) is 40.5 Å². The van der Waals surface area contributed by atoms with Gasteiger partial charge in [-0.1, -0.05) is 13.3 Å². The third kappa shape index (κ3) is 5.92. The number of allylic oxidation sites excluding steroid dienone is 1. The second-order valence-corrected chi connectivity index (χ2v) is 3.16. The Morgan fingerprint density at radius 3 is 2.45 bits per heavy atom. The maximum atomic E-state index is 5.12. The van der Waals surface area contributed by atoms with E-state index in [1.54, 1.807) is 6.08 Å². The van der Waals surface area contributed by atoms with Crippen LogP contribution in [0, 0.1) is 0 Å². The van der Waals surface area contributed by atoms with Gasteiger partial charge >= 0.3 is 0 Å². The third-order valence-corrected chi connectivity index (χ3v) is 1.32. The van der Waals surface area contributed by atoms with E-state index in [2.05, 4.69) is 6.92 Å². The molecule has 0 aromatic carbocycles. The molecule has 0 saturated heterocycles. The first-order valence-corrected chi connectivity index (χ1v) is 4.08. The molecule has 11 heavy (non-hydrogen) atoms. The first kappa shape index (κ1) is 10.5. The second-order valence-electron chi connectivity index (χ2n) is 3.16. The minimum Gasteiger partial charge on any atom is -0.345 e. The van der Waals surface area contributed by atoms with Crippen molar-refractivity contribution in [2.45, 2.75) is 46.1 Å². The minimum absolute atomic E-state index is 0.172. The van der Waals surface area contributed by atoms with Gasteiger partial charge in [0.1, 0.15) is 11.9 Å². The van der Waals surface area contributed by atoms with E-state index in [0.717, 1.165) is 12.8 Å². The Labute approximate surface area is 69.1 Å². The number of rotatable bonds is 5. The zero-order valence-corrected chi connectivity index (χ0v) is 7.89. The molecule has 0 aliphatic heterocycles. The first-order chi connectivity index (χ1) is 5.12. The Morgan fingerprint density at radius 1 is 1.36 bits per heavy atom. The molecule has 0 aliphatic carbocycles. The van der Waals surface area contributed by atoms with Crippen molar-refractivity contribution in [2.75, 3.05) is 0 Å². The lowest BCUT2D eigenvalue weighted by atomic mass is 10.0. The maximum absolute atomic E-state index is 5.12. The minimum atomic E-state index is -0.172. The lowest BCUT2D eigenvalue weighted by Crippen LogP contribution is -2.22. The Hall–Kier alpha value is -0.500. The van der Waals surface area contributed by atoms with Crippen LogP contribution < -0.4 is 0 Å². The fraction of sp³-hybridized carbons (Fsp3) is 0.778. The molecule has 0 unspecified atom stereocenters. The molecule has 0 aromatic heterocycles. The average molecular weight is 158 g/mol. The van der Waals surface area contributed by atoms with E-state index >= 15 is 0 Å². The molecular formula is C9H18O2. The summed E-state index contributed by atoms with van der Waals surface area (Å²) in [6.45, 7) is 8.04. The van der Waals surface area contributed by atoms with Gasteiger partial charge in [0.25, 0.3) is 0 Å². The molecule has 0 aliphatic rings. The molecule has 0 aromatic rings. The number of hydrogen-bond acceptors (Lipinski definition) is 2. The van der Waals surface area contributed by atoms with Gasteiger partial charge in [-0.25, -0.2) is 0 Å². The maximum Gasteiger partial charge on any atom is 0.125 e. The summed E-state index contributed by atoms with van der Waals surface area (Å²) >= 11 is 0. The molecule has 2 heteroatoms. The van der Waals surface area contributed by atoms with Gasteiger partial charge < -0.3 is 4.89 Å². The normalized spacial score (nSPS) is 12.4. The molecule has 2 nitrogen and oxygen atoms in total. The highest BCUT2D eigenvalue weighted by Crippen LogP contribution is 2.16. The van der Waals surface area contributed by atoms with Crippen molar-refractivity contribution in [1.82, 2.24) is 0 Å². The van der Waals surface area contributed by atoms with Crippen molar-refractivity contribution in [3.05, 3.63) is 12.3 Å². The zero-order valence-electron chi connectivity index (χ0n) is 7.89. The Morgan fingerprint density at radius 2 is 2.00 bits per heavy atom. The van der Waals surface area contributed by atoms with Gasteiger partial charge in [-0.05, 0) is 33.3 Å². The molecule has 0 rings (SSSR count). The van der Waals surface area contributed by atoms with Crippen LogP contribution in [-0.2, 0) is 9.78 Å². The van der Waals surface area contributed by atoms with Gasteiger partial charge in [-0.15, -0.1) is 0 Å². The average Bonchev–Trinajstić information content (AvgIpc) is 1.87. The van der Waals surface area contributed by atoms with Gasteiger partial charge in [0.15, 0.2) is 0 Å². The van der Waals surface area contributed by atoms with E-state index in [1.165, 1.54) is 6.26 Å².